The van der Waals surface area contributed by atoms with Crippen molar-refractivity contribution in [1.29, 1.82) is 0 Å². The van der Waals surface area contributed by atoms with Gasteiger partial charge in [0.15, 0.2) is 0 Å². The zero-order valence-corrected chi connectivity index (χ0v) is 13.6. The summed E-state index contributed by atoms with van der Waals surface area (Å²) in [5.74, 6) is 0. The Morgan fingerprint density at radius 3 is 2.85 bits per heavy atom. The Labute approximate surface area is 125 Å². The zero-order valence-electron chi connectivity index (χ0n) is 13.6. The van der Waals surface area contributed by atoms with Gasteiger partial charge in [0.25, 0.3) is 0 Å². The lowest BCUT2D eigenvalue weighted by Crippen LogP contribution is -2.59. The Morgan fingerprint density at radius 1 is 1.20 bits per heavy atom. The van der Waals surface area contributed by atoms with E-state index in [9.17, 15) is 0 Å². The minimum absolute atomic E-state index is 0.437. The van der Waals surface area contributed by atoms with Crippen LogP contribution in [0.25, 0.3) is 0 Å². The van der Waals surface area contributed by atoms with Crippen LogP contribution in [0.4, 0.5) is 0 Å². The van der Waals surface area contributed by atoms with E-state index in [1.165, 1.54) is 57.9 Å². The summed E-state index contributed by atoms with van der Waals surface area (Å²) in [5.41, 5.74) is 0. The van der Waals surface area contributed by atoms with Gasteiger partial charge in [-0.15, -0.1) is 0 Å². The Hall–Kier alpha value is -0.120. The maximum atomic E-state index is 5.96. The molecule has 3 atom stereocenters. The Morgan fingerprint density at radius 2 is 2.05 bits per heavy atom. The number of morpholine rings is 1. The first kappa shape index (κ1) is 16.3. The smallest absolute Gasteiger partial charge is 0.0855 e. The molecular formula is C17H34N2O. The third-order valence-electron chi connectivity index (χ3n) is 5.06. The molecule has 3 heteroatoms. The highest BCUT2D eigenvalue weighted by Crippen LogP contribution is 2.22. The highest BCUT2D eigenvalue weighted by Gasteiger charge is 2.33. The molecule has 0 aromatic carbocycles. The number of hydrogen-bond acceptors (Lipinski definition) is 3. The number of ether oxygens (including phenoxy) is 1. The van der Waals surface area contributed by atoms with Crippen molar-refractivity contribution in [1.82, 2.24) is 10.2 Å². The van der Waals surface area contributed by atoms with Gasteiger partial charge in [-0.1, -0.05) is 46.0 Å². The van der Waals surface area contributed by atoms with E-state index in [0.717, 1.165) is 25.7 Å². The number of rotatable bonds is 8. The summed E-state index contributed by atoms with van der Waals surface area (Å²) in [4.78, 5) is 2.70. The van der Waals surface area contributed by atoms with Crippen molar-refractivity contribution in [3.63, 3.8) is 0 Å². The molecule has 2 fully saturated rings. The summed E-state index contributed by atoms with van der Waals surface area (Å²) < 4.78 is 5.96. The molecule has 0 radical (unpaired) electrons. The lowest BCUT2D eigenvalue weighted by atomic mass is 9.96. The van der Waals surface area contributed by atoms with E-state index >= 15 is 0 Å². The molecular weight excluding hydrogens is 248 g/mol. The van der Waals surface area contributed by atoms with Crippen LogP contribution in [-0.2, 0) is 4.74 Å². The quantitative estimate of drug-likeness (QED) is 0.692. The van der Waals surface area contributed by atoms with E-state index in [0.29, 0.717) is 12.1 Å². The van der Waals surface area contributed by atoms with Crippen molar-refractivity contribution in [2.75, 3.05) is 26.2 Å². The molecule has 2 rings (SSSR count). The van der Waals surface area contributed by atoms with Gasteiger partial charge in [0.1, 0.15) is 0 Å². The molecule has 0 amide bonds. The second kappa shape index (κ2) is 9.01. The number of hydrogen-bond donors (Lipinski definition) is 1. The molecule has 2 heterocycles. The summed E-state index contributed by atoms with van der Waals surface area (Å²) in [7, 11) is 0. The van der Waals surface area contributed by atoms with Crippen molar-refractivity contribution < 1.29 is 4.74 Å². The van der Waals surface area contributed by atoms with E-state index in [-0.39, 0.29) is 0 Å². The fraction of sp³-hybridized carbons (Fsp3) is 1.00. The molecule has 0 spiro atoms. The van der Waals surface area contributed by atoms with Crippen molar-refractivity contribution in [2.24, 2.45) is 0 Å². The van der Waals surface area contributed by atoms with Crippen molar-refractivity contribution >= 4 is 0 Å². The number of nitrogens with one attached hydrogen (secondary N) is 1. The first-order valence-corrected chi connectivity index (χ1v) is 8.94. The summed E-state index contributed by atoms with van der Waals surface area (Å²) in [6, 6.07) is 1.39. The SMILES string of the molecule is CCCCCCC[C@H](CC)N1CC[C@H]2NCCO[C@@H]2C1. The van der Waals surface area contributed by atoms with Gasteiger partial charge in [0, 0.05) is 31.7 Å². The highest BCUT2D eigenvalue weighted by molar-refractivity contribution is 4.90. The Bertz CT molecular complexity index is 259. The summed E-state index contributed by atoms with van der Waals surface area (Å²) in [6.45, 7) is 8.97. The number of fused-ring (bicyclic) bond motifs is 1. The molecule has 0 bridgehead atoms. The van der Waals surface area contributed by atoms with Gasteiger partial charge in [-0.05, 0) is 19.3 Å². The first-order chi connectivity index (χ1) is 9.85. The molecule has 0 aromatic rings. The zero-order chi connectivity index (χ0) is 14.2. The van der Waals surface area contributed by atoms with Gasteiger partial charge in [-0.25, -0.2) is 0 Å². The molecule has 0 aliphatic carbocycles. The van der Waals surface area contributed by atoms with Gasteiger partial charge in [-0.3, -0.25) is 4.90 Å². The predicted molar refractivity (Wildman–Crippen MR) is 85.2 cm³/mol. The summed E-state index contributed by atoms with van der Waals surface area (Å²) >= 11 is 0. The predicted octanol–water partition coefficient (Wildman–Crippen LogP) is 3.19. The van der Waals surface area contributed by atoms with Crippen LogP contribution in [0.5, 0.6) is 0 Å². The molecule has 0 aromatic heterocycles. The molecule has 0 unspecified atom stereocenters. The van der Waals surface area contributed by atoms with Crippen LogP contribution in [-0.4, -0.2) is 49.3 Å². The van der Waals surface area contributed by atoms with Crippen LogP contribution in [0, 0.1) is 0 Å². The van der Waals surface area contributed by atoms with E-state index < -0.39 is 0 Å². The largest absolute Gasteiger partial charge is 0.374 e. The van der Waals surface area contributed by atoms with E-state index in [2.05, 4.69) is 24.1 Å². The third-order valence-corrected chi connectivity index (χ3v) is 5.06. The number of unbranched alkanes of at least 4 members (excludes halogenated alkanes) is 4. The maximum Gasteiger partial charge on any atom is 0.0855 e. The highest BCUT2D eigenvalue weighted by atomic mass is 16.5. The van der Waals surface area contributed by atoms with Crippen molar-refractivity contribution in [2.45, 2.75) is 83.4 Å². The first-order valence-electron chi connectivity index (χ1n) is 8.94. The van der Waals surface area contributed by atoms with Crippen LogP contribution in [0.3, 0.4) is 0 Å². The lowest BCUT2D eigenvalue weighted by Gasteiger charge is -2.44. The third kappa shape index (κ3) is 4.71. The van der Waals surface area contributed by atoms with Crippen LogP contribution in [0.1, 0.15) is 65.2 Å². The Kier molecular flexibility index (Phi) is 7.32. The fourth-order valence-electron chi connectivity index (χ4n) is 3.76. The topological polar surface area (TPSA) is 24.5 Å². The Balaban J connectivity index is 1.70. The maximum absolute atomic E-state index is 5.96. The minimum atomic E-state index is 0.437. The number of piperidine rings is 1. The monoisotopic (exact) mass is 282 g/mol. The second-order valence-electron chi connectivity index (χ2n) is 6.52. The van der Waals surface area contributed by atoms with Crippen molar-refractivity contribution in [3.8, 4) is 0 Å². The van der Waals surface area contributed by atoms with Gasteiger partial charge in [-0.2, -0.15) is 0 Å². The van der Waals surface area contributed by atoms with Gasteiger partial charge in [0.05, 0.1) is 12.7 Å². The van der Waals surface area contributed by atoms with E-state index in [1.807, 2.05) is 0 Å². The van der Waals surface area contributed by atoms with E-state index in [1.54, 1.807) is 0 Å². The molecule has 2 aliphatic heterocycles. The number of likely N-dealkylation sites (tertiary alicyclic amines) is 1. The van der Waals surface area contributed by atoms with Crippen LogP contribution in [0.2, 0.25) is 0 Å². The standard InChI is InChI=1S/C17H34N2O/c1-3-5-6-7-8-9-15(4-2)19-12-10-16-17(14-19)20-13-11-18-16/h15-18H,3-14H2,1-2H3/t15-,16+,17+/m0/s1. The lowest BCUT2D eigenvalue weighted by molar-refractivity contribution is -0.0575. The van der Waals surface area contributed by atoms with E-state index in [4.69, 9.17) is 4.74 Å². The molecule has 3 nitrogen and oxygen atoms in total. The average Bonchev–Trinajstić information content (AvgIpc) is 2.50. The van der Waals surface area contributed by atoms with Crippen LogP contribution < -0.4 is 5.32 Å². The van der Waals surface area contributed by atoms with Gasteiger partial charge >= 0.3 is 0 Å². The molecule has 118 valence electrons. The molecule has 0 saturated carbocycles. The molecule has 1 N–H and O–H groups in total. The second-order valence-corrected chi connectivity index (χ2v) is 6.52. The van der Waals surface area contributed by atoms with Gasteiger partial charge < -0.3 is 10.1 Å². The number of nitrogens with zero attached hydrogens (tertiary/aromatic N) is 1. The normalized spacial score (nSPS) is 29.1. The van der Waals surface area contributed by atoms with Crippen molar-refractivity contribution in [3.05, 3.63) is 0 Å². The molecule has 2 saturated heterocycles. The van der Waals surface area contributed by atoms with Crippen LogP contribution >= 0.6 is 0 Å². The summed E-state index contributed by atoms with van der Waals surface area (Å²) in [5, 5.41) is 3.61. The summed E-state index contributed by atoms with van der Waals surface area (Å²) in [6.07, 6.45) is 11.4. The average molecular weight is 282 g/mol. The van der Waals surface area contributed by atoms with Gasteiger partial charge in [0.2, 0.25) is 0 Å². The fourth-order valence-corrected chi connectivity index (χ4v) is 3.76. The minimum Gasteiger partial charge on any atom is -0.374 e. The molecule has 20 heavy (non-hydrogen) atoms. The molecule has 2 aliphatic rings. The van der Waals surface area contributed by atoms with Crippen LogP contribution in [0.15, 0.2) is 0 Å².